The van der Waals surface area contributed by atoms with Crippen molar-refractivity contribution < 1.29 is 14.4 Å². The normalized spacial score (nSPS) is 11.2. The molecule has 0 aliphatic rings. The molecule has 1 rings (SSSR count). The highest BCUT2D eigenvalue weighted by atomic mass is 79.9. The van der Waals surface area contributed by atoms with E-state index in [2.05, 4.69) is 25.8 Å². The zero-order valence-electron chi connectivity index (χ0n) is 8.01. The molecule has 0 saturated heterocycles. The molecule has 0 aliphatic heterocycles. The van der Waals surface area contributed by atoms with E-state index in [9.17, 15) is 10.0 Å². The average molecular weight is 273 g/mol. The van der Waals surface area contributed by atoms with Gasteiger partial charge in [0.2, 0.25) is 5.69 Å². The summed E-state index contributed by atoms with van der Waals surface area (Å²) in [4.78, 5) is 11.1. The third-order valence-electron chi connectivity index (χ3n) is 1.47. The van der Waals surface area contributed by atoms with Gasteiger partial charge in [0.15, 0.2) is 0 Å². The Kier molecular flexibility index (Phi) is 4.23. The van der Waals surface area contributed by atoms with Gasteiger partial charge in [-0.25, -0.2) is 4.79 Å². The first-order valence-electron chi connectivity index (χ1n) is 4.24. The summed E-state index contributed by atoms with van der Waals surface area (Å²) in [5, 5.41) is 14.5. The van der Waals surface area contributed by atoms with E-state index in [0.29, 0.717) is 0 Å². The van der Waals surface area contributed by atoms with Crippen LogP contribution in [0.15, 0.2) is 33.9 Å². The van der Waals surface area contributed by atoms with Crippen LogP contribution in [0.1, 0.15) is 6.92 Å². The van der Waals surface area contributed by atoms with Crippen molar-refractivity contribution in [3.63, 3.8) is 0 Å². The van der Waals surface area contributed by atoms with Crippen LogP contribution in [0, 0.1) is 5.21 Å². The smallest absolute Gasteiger partial charge is 0.492 e. The van der Waals surface area contributed by atoms with Gasteiger partial charge in [-0.3, -0.25) is 0 Å². The molecule has 0 spiro atoms. The molecule has 0 radical (unpaired) electrons. The van der Waals surface area contributed by atoms with Crippen LogP contribution in [0.2, 0.25) is 0 Å². The van der Waals surface area contributed by atoms with Crippen LogP contribution in [-0.2, 0) is 4.74 Å². The van der Waals surface area contributed by atoms with Crippen LogP contribution in [-0.4, -0.2) is 17.6 Å². The summed E-state index contributed by atoms with van der Waals surface area (Å²) in [6.07, 6.45) is -0.896. The molecule has 1 aromatic rings. The fourth-order valence-electron chi connectivity index (χ4n) is 0.879. The van der Waals surface area contributed by atoms with Crippen molar-refractivity contribution in [2.24, 2.45) is 5.11 Å². The lowest BCUT2D eigenvalue weighted by atomic mass is 10.3. The van der Waals surface area contributed by atoms with Gasteiger partial charge >= 0.3 is 6.09 Å². The molecule has 5 nitrogen and oxygen atoms in total. The van der Waals surface area contributed by atoms with Crippen LogP contribution >= 0.6 is 15.9 Å². The van der Waals surface area contributed by atoms with Crippen molar-refractivity contribution in [3.05, 3.63) is 33.9 Å². The molecule has 15 heavy (non-hydrogen) atoms. The predicted octanol–water partition coefficient (Wildman–Crippen LogP) is 3.20. The molecule has 0 N–H and O–H groups in total. The average Bonchev–Trinajstić information content (AvgIpc) is 2.18. The van der Waals surface area contributed by atoms with Gasteiger partial charge in [-0.15, -0.1) is 0 Å². The first kappa shape index (κ1) is 11.6. The highest BCUT2D eigenvalue weighted by Gasteiger charge is 2.08. The largest absolute Gasteiger partial charge is 0.594 e. The Morgan fingerprint density at radius 2 is 2.40 bits per heavy atom. The second kappa shape index (κ2) is 5.45. The van der Waals surface area contributed by atoms with Crippen molar-refractivity contribution in [1.29, 1.82) is 0 Å². The number of azo groups is 1. The highest BCUT2D eigenvalue weighted by molar-refractivity contribution is 9.10. The zero-order chi connectivity index (χ0) is 11.3. The third-order valence-corrected chi connectivity index (χ3v) is 1.96. The summed E-state index contributed by atoms with van der Waals surface area (Å²) < 4.78 is 5.24. The number of carbonyl (C=O) groups excluding carboxylic acids is 1. The molecule has 1 amide bonds. The lowest BCUT2D eigenvalue weighted by Gasteiger charge is -1.99. The Morgan fingerprint density at radius 1 is 1.67 bits per heavy atom. The molecule has 80 valence electrons. The number of benzene rings is 1. The van der Waals surface area contributed by atoms with Crippen LogP contribution in [0.3, 0.4) is 0 Å². The molecule has 0 saturated carbocycles. The topological polar surface area (TPSA) is 64.7 Å². The van der Waals surface area contributed by atoms with E-state index in [4.69, 9.17) is 0 Å². The van der Waals surface area contributed by atoms with Crippen molar-refractivity contribution in [3.8, 4) is 0 Å². The maximum Gasteiger partial charge on any atom is 0.492 e. The van der Waals surface area contributed by atoms with Gasteiger partial charge in [0.25, 0.3) is 0 Å². The summed E-state index contributed by atoms with van der Waals surface area (Å²) in [6, 6.07) is 6.53. The molecule has 0 bridgehead atoms. The Labute approximate surface area is 95.1 Å². The first-order valence-corrected chi connectivity index (χ1v) is 5.04. The lowest BCUT2D eigenvalue weighted by Crippen LogP contribution is -2.02. The van der Waals surface area contributed by atoms with Crippen molar-refractivity contribution >= 4 is 27.7 Å². The fourth-order valence-corrected chi connectivity index (χ4v) is 1.27. The van der Waals surface area contributed by atoms with Gasteiger partial charge < -0.3 is 9.94 Å². The SMILES string of the molecule is CCOC(=O)N=[N+]([O-])c1cccc(Br)c1. The van der Waals surface area contributed by atoms with Crippen LogP contribution < -0.4 is 0 Å². The molecule has 0 aliphatic carbocycles. The Bertz CT molecular complexity index is 393. The van der Waals surface area contributed by atoms with Crippen molar-refractivity contribution in [2.75, 3.05) is 6.61 Å². The Balaban J connectivity index is 2.84. The van der Waals surface area contributed by atoms with E-state index in [1.54, 1.807) is 31.2 Å². The molecular weight excluding hydrogens is 264 g/mol. The van der Waals surface area contributed by atoms with Crippen molar-refractivity contribution in [1.82, 2.24) is 0 Å². The zero-order valence-corrected chi connectivity index (χ0v) is 9.60. The van der Waals surface area contributed by atoms with Gasteiger partial charge in [0.1, 0.15) is 0 Å². The molecule has 0 aromatic heterocycles. The minimum Gasteiger partial charge on any atom is -0.594 e. The van der Waals surface area contributed by atoms with Gasteiger partial charge in [0.05, 0.1) is 11.7 Å². The lowest BCUT2D eigenvalue weighted by molar-refractivity contribution is -0.436. The minimum atomic E-state index is -0.896. The third kappa shape index (κ3) is 3.67. The predicted molar refractivity (Wildman–Crippen MR) is 56.9 cm³/mol. The number of rotatable bonds is 2. The van der Waals surface area contributed by atoms with Crippen LogP contribution in [0.25, 0.3) is 0 Å². The summed E-state index contributed by atoms with van der Waals surface area (Å²) in [5.41, 5.74) is 0.262. The maximum atomic E-state index is 11.3. The summed E-state index contributed by atoms with van der Waals surface area (Å²) in [6.45, 7) is 1.83. The van der Waals surface area contributed by atoms with Gasteiger partial charge in [-0.2, -0.15) is 0 Å². The van der Waals surface area contributed by atoms with Gasteiger partial charge in [-0.05, 0) is 17.9 Å². The van der Waals surface area contributed by atoms with Crippen molar-refractivity contribution in [2.45, 2.75) is 6.92 Å². The molecular formula is C9H9BrN2O3. The number of amides is 1. The van der Waals surface area contributed by atoms with Gasteiger partial charge in [-0.1, -0.05) is 22.0 Å². The number of nitrogens with zero attached hydrogens (tertiary/aromatic N) is 2. The summed E-state index contributed by atoms with van der Waals surface area (Å²) in [5.74, 6) is 0. The second-order valence-corrected chi connectivity index (χ2v) is 3.47. The van der Waals surface area contributed by atoms with E-state index < -0.39 is 6.09 Å². The number of hydrogen-bond donors (Lipinski definition) is 0. The van der Waals surface area contributed by atoms with E-state index in [1.807, 2.05) is 0 Å². The number of hydrogen-bond acceptors (Lipinski definition) is 3. The molecule has 0 unspecified atom stereocenters. The maximum absolute atomic E-state index is 11.3. The first-order chi connectivity index (χ1) is 7.13. The Morgan fingerprint density at radius 3 is 3.00 bits per heavy atom. The van der Waals surface area contributed by atoms with E-state index in [1.165, 1.54) is 0 Å². The Hall–Kier alpha value is -1.43. The van der Waals surface area contributed by atoms with E-state index >= 15 is 0 Å². The monoisotopic (exact) mass is 272 g/mol. The minimum absolute atomic E-state index is 0.189. The standard InChI is InChI=1S/C9H9BrN2O3/c1-2-15-9(13)11-12(14)8-5-3-4-7(10)6-8/h3-6H,2H2,1H3. The van der Waals surface area contributed by atoms with Crippen LogP contribution in [0.5, 0.6) is 0 Å². The summed E-state index contributed by atoms with van der Waals surface area (Å²) >= 11 is 3.20. The molecule has 1 aromatic carbocycles. The fraction of sp³-hybridized carbons (Fsp3) is 0.222. The number of carbonyl (C=O) groups is 1. The van der Waals surface area contributed by atoms with Gasteiger partial charge in [0, 0.05) is 16.6 Å². The van der Waals surface area contributed by atoms with E-state index in [-0.39, 0.29) is 17.2 Å². The number of halogens is 1. The molecule has 6 heteroatoms. The molecule has 0 fully saturated rings. The summed E-state index contributed by atoms with van der Waals surface area (Å²) in [7, 11) is 0. The second-order valence-electron chi connectivity index (χ2n) is 2.55. The number of ether oxygens (including phenoxy) is 1. The molecule has 0 heterocycles. The van der Waals surface area contributed by atoms with E-state index in [0.717, 1.165) is 4.47 Å². The molecule has 0 atom stereocenters. The highest BCUT2D eigenvalue weighted by Crippen LogP contribution is 2.18. The quantitative estimate of drug-likeness (QED) is 0.472. The van der Waals surface area contributed by atoms with Crippen LogP contribution in [0.4, 0.5) is 10.5 Å².